The molecule has 0 aliphatic heterocycles. The van der Waals surface area contributed by atoms with Crippen LogP contribution in [0.2, 0.25) is 0 Å². The second-order valence-corrected chi connectivity index (χ2v) is 6.12. The Balaban J connectivity index is 2.40. The number of thiophene rings is 1. The number of nitrogens with two attached hydrogens (primary N) is 1. The van der Waals surface area contributed by atoms with Crippen molar-refractivity contribution in [3.05, 3.63) is 16.8 Å². The molecule has 5 heteroatoms. The molecule has 0 aromatic carbocycles. The lowest BCUT2D eigenvalue weighted by molar-refractivity contribution is 0.238. The van der Waals surface area contributed by atoms with Crippen LogP contribution in [0.4, 0.5) is 0 Å². The highest BCUT2D eigenvalue weighted by atomic mass is 32.1. The van der Waals surface area contributed by atoms with E-state index in [1.165, 1.54) is 16.8 Å². The lowest BCUT2D eigenvalue weighted by atomic mass is 10.1. The van der Waals surface area contributed by atoms with E-state index >= 15 is 0 Å². The van der Waals surface area contributed by atoms with Gasteiger partial charge in [-0.1, -0.05) is 0 Å². The lowest BCUT2D eigenvalue weighted by Crippen LogP contribution is -2.38. The highest BCUT2D eigenvalue weighted by Crippen LogP contribution is 2.33. The maximum atomic E-state index is 5.90. The molecule has 17 heavy (non-hydrogen) atoms. The number of nitrogens with zero attached hydrogens (tertiary/aromatic N) is 2. The van der Waals surface area contributed by atoms with E-state index in [2.05, 4.69) is 23.8 Å². The van der Waals surface area contributed by atoms with Crippen molar-refractivity contribution >= 4 is 21.6 Å². The van der Waals surface area contributed by atoms with E-state index < -0.39 is 0 Å². The van der Waals surface area contributed by atoms with E-state index in [1.807, 2.05) is 13.8 Å². The van der Waals surface area contributed by atoms with Crippen LogP contribution in [0.15, 0.2) is 6.33 Å². The zero-order valence-corrected chi connectivity index (χ0v) is 11.4. The molecule has 0 aliphatic carbocycles. The summed E-state index contributed by atoms with van der Waals surface area (Å²) in [7, 11) is 0. The second-order valence-electron chi connectivity index (χ2n) is 4.92. The molecule has 2 rings (SSSR count). The first-order valence-electron chi connectivity index (χ1n) is 5.51. The summed E-state index contributed by atoms with van der Waals surface area (Å²) in [5.41, 5.74) is 6.73. The van der Waals surface area contributed by atoms with Gasteiger partial charge in [-0.2, -0.15) is 0 Å². The van der Waals surface area contributed by atoms with Crippen LogP contribution < -0.4 is 10.5 Å². The average molecular weight is 251 g/mol. The van der Waals surface area contributed by atoms with Gasteiger partial charge in [-0.3, -0.25) is 0 Å². The number of fused-ring (bicyclic) bond motifs is 1. The highest BCUT2D eigenvalue weighted by molar-refractivity contribution is 7.18. The molecule has 2 aromatic heterocycles. The third kappa shape index (κ3) is 2.56. The molecule has 0 spiro atoms. The predicted octanol–water partition coefficient (Wildman–Crippen LogP) is 2.42. The Labute approximate surface area is 105 Å². The van der Waals surface area contributed by atoms with Crippen molar-refractivity contribution < 1.29 is 4.74 Å². The molecule has 0 amide bonds. The van der Waals surface area contributed by atoms with Gasteiger partial charge in [-0.25, -0.2) is 9.97 Å². The van der Waals surface area contributed by atoms with Gasteiger partial charge in [0, 0.05) is 10.4 Å². The first kappa shape index (κ1) is 12.3. The molecular weight excluding hydrogens is 234 g/mol. The van der Waals surface area contributed by atoms with Crippen molar-refractivity contribution in [2.75, 3.05) is 6.61 Å². The van der Waals surface area contributed by atoms with Crippen LogP contribution in [0, 0.1) is 13.8 Å². The molecule has 4 nitrogen and oxygen atoms in total. The van der Waals surface area contributed by atoms with E-state index in [-0.39, 0.29) is 5.54 Å². The van der Waals surface area contributed by atoms with E-state index in [1.54, 1.807) is 11.3 Å². The number of aromatic nitrogens is 2. The quantitative estimate of drug-likeness (QED) is 0.910. The summed E-state index contributed by atoms with van der Waals surface area (Å²) < 4.78 is 5.71. The van der Waals surface area contributed by atoms with Crippen LogP contribution >= 0.6 is 11.3 Å². The van der Waals surface area contributed by atoms with Crippen molar-refractivity contribution in [3.8, 4) is 5.88 Å². The minimum Gasteiger partial charge on any atom is -0.475 e. The summed E-state index contributed by atoms with van der Waals surface area (Å²) in [4.78, 5) is 10.7. The first-order valence-corrected chi connectivity index (χ1v) is 6.32. The Morgan fingerprint density at radius 2 is 2.06 bits per heavy atom. The van der Waals surface area contributed by atoms with Crippen molar-refractivity contribution in [1.29, 1.82) is 0 Å². The topological polar surface area (TPSA) is 61.0 Å². The number of aryl methyl sites for hydroxylation is 2. The molecule has 92 valence electrons. The standard InChI is InChI=1S/C12H17N3OS/c1-7-8(2)17-11-9(7)10(14-6-15-11)16-5-12(3,4)13/h6H,5,13H2,1-4H3. The van der Waals surface area contributed by atoms with E-state index in [4.69, 9.17) is 10.5 Å². The van der Waals surface area contributed by atoms with Gasteiger partial charge in [-0.15, -0.1) is 11.3 Å². The van der Waals surface area contributed by atoms with E-state index in [9.17, 15) is 0 Å². The Morgan fingerprint density at radius 3 is 2.71 bits per heavy atom. The van der Waals surface area contributed by atoms with Gasteiger partial charge in [0.05, 0.1) is 5.39 Å². The molecule has 0 fully saturated rings. The number of ether oxygens (including phenoxy) is 1. The van der Waals surface area contributed by atoms with E-state index in [0.717, 1.165) is 10.2 Å². The van der Waals surface area contributed by atoms with Crippen LogP contribution in [0.25, 0.3) is 10.2 Å². The summed E-state index contributed by atoms with van der Waals surface area (Å²) in [5, 5.41) is 1.01. The van der Waals surface area contributed by atoms with Gasteiger partial charge >= 0.3 is 0 Å². The molecule has 0 atom stereocenters. The molecular formula is C12H17N3OS. The second kappa shape index (κ2) is 4.23. The summed E-state index contributed by atoms with van der Waals surface area (Å²) in [5.74, 6) is 0.635. The van der Waals surface area contributed by atoms with Gasteiger partial charge in [0.2, 0.25) is 5.88 Å². The predicted molar refractivity (Wildman–Crippen MR) is 70.7 cm³/mol. The minimum absolute atomic E-state index is 0.365. The van der Waals surface area contributed by atoms with Crippen LogP contribution in [0.3, 0.4) is 0 Å². The van der Waals surface area contributed by atoms with Gasteiger partial charge in [0.1, 0.15) is 17.8 Å². The average Bonchev–Trinajstić information content (AvgIpc) is 2.52. The number of hydrogen-bond donors (Lipinski definition) is 1. The number of hydrogen-bond acceptors (Lipinski definition) is 5. The van der Waals surface area contributed by atoms with Gasteiger partial charge in [0.25, 0.3) is 0 Å². The maximum Gasteiger partial charge on any atom is 0.225 e. The largest absolute Gasteiger partial charge is 0.475 e. The fourth-order valence-electron chi connectivity index (χ4n) is 1.51. The third-order valence-corrected chi connectivity index (χ3v) is 3.63. The number of rotatable bonds is 3. The van der Waals surface area contributed by atoms with Crippen LogP contribution in [-0.4, -0.2) is 22.1 Å². The molecule has 0 aliphatic rings. The maximum absolute atomic E-state index is 5.90. The Hall–Kier alpha value is -1.20. The Bertz CT molecular complexity index is 542. The first-order chi connectivity index (χ1) is 7.88. The molecule has 0 saturated heterocycles. The summed E-state index contributed by atoms with van der Waals surface area (Å²) >= 11 is 1.66. The highest BCUT2D eigenvalue weighted by Gasteiger charge is 2.16. The Kier molecular flexibility index (Phi) is 3.05. The normalized spacial score (nSPS) is 12.1. The van der Waals surface area contributed by atoms with Crippen molar-refractivity contribution in [3.63, 3.8) is 0 Å². The molecule has 2 N–H and O–H groups in total. The monoisotopic (exact) mass is 251 g/mol. The fraction of sp³-hybridized carbons (Fsp3) is 0.500. The van der Waals surface area contributed by atoms with Crippen LogP contribution in [0.1, 0.15) is 24.3 Å². The van der Waals surface area contributed by atoms with Crippen molar-refractivity contribution in [2.45, 2.75) is 33.2 Å². The molecule has 2 heterocycles. The minimum atomic E-state index is -0.365. The van der Waals surface area contributed by atoms with Crippen LogP contribution in [0.5, 0.6) is 5.88 Å². The van der Waals surface area contributed by atoms with Gasteiger partial charge in [0.15, 0.2) is 0 Å². The third-order valence-electron chi connectivity index (χ3n) is 2.51. The van der Waals surface area contributed by atoms with Crippen molar-refractivity contribution in [2.24, 2.45) is 5.73 Å². The molecule has 0 unspecified atom stereocenters. The van der Waals surface area contributed by atoms with Gasteiger partial charge in [-0.05, 0) is 33.3 Å². The summed E-state index contributed by atoms with van der Waals surface area (Å²) in [6, 6.07) is 0. The van der Waals surface area contributed by atoms with E-state index in [0.29, 0.717) is 12.5 Å². The summed E-state index contributed by atoms with van der Waals surface area (Å²) in [6.45, 7) is 8.44. The Morgan fingerprint density at radius 1 is 1.35 bits per heavy atom. The van der Waals surface area contributed by atoms with Crippen molar-refractivity contribution in [1.82, 2.24) is 9.97 Å². The lowest BCUT2D eigenvalue weighted by Gasteiger charge is -2.18. The fourth-order valence-corrected chi connectivity index (χ4v) is 2.50. The van der Waals surface area contributed by atoms with Crippen LogP contribution in [-0.2, 0) is 0 Å². The molecule has 0 radical (unpaired) electrons. The zero-order valence-electron chi connectivity index (χ0n) is 10.6. The molecule has 2 aromatic rings. The molecule has 0 bridgehead atoms. The van der Waals surface area contributed by atoms with Gasteiger partial charge < -0.3 is 10.5 Å². The summed E-state index contributed by atoms with van der Waals surface area (Å²) in [6.07, 6.45) is 1.54. The smallest absolute Gasteiger partial charge is 0.225 e. The zero-order chi connectivity index (χ0) is 12.6. The SMILES string of the molecule is Cc1sc2ncnc(OCC(C)(C)N)c2c1C. The molecule has 0 saturated carbocycles.